The van der Waals surface area contributed by atoms with Crippen molar-refractivity contribution >= 4 is 11.5 Å². The highest BCUT2D eigenvalue weighted by Gasteiger charge is 2.16. The molecule has 0 bridgehead atoms. The minimum atomic E-state index is 0.0476. The van der Waals surface area contributed by atoms with Gasteiger partial charge in [-0.3, -0.25) is 9.69 Å². The van der Waals surface area contributed by atoms with E-state index in [0.717, 1.165) is 30.8 Å². The molecule has 1 amide bonds. The van der Waals surface area contributed by atoms with E-state index in [4.69, 9.17) is 4.74 Å². The van der Waals surface area contributed by atoms with Crippen molar-refractivity contribution in [3.63, 3.8) is 0 Å². The van der Waals surface area contributed by atoms with Crippen LogP contribution >= 0.6 is 0 Å². The number of benzene rings is 1. The van der Waals surface area contributed by atoms with E-state index >= 15 is 0 Å². The van der Waals surface area contributed by atoms with Crippen molar-refractivity contribution in [2.45, 2.75) is 20.3 Å². The van der Waals surface area contributed by atoms with Gasteiger partial charge in [0.25, 0.3) is 0 Å². The van der Waals surface area contributed by atoms with Gasteiger partial charge in [-0.1, -0.05) is 12.1 Å². The number of carbonyl (C=O) groups is 1. The average molecular weight is 368 g/mol. The number of ether oxygens (including phenoxy) is 1. The molecule has 3 rings (SSSR count). The Morgan fingerprint density at radius 2 is 2.15 bits per heavy atom. The smallest absolute Gasteiger partial charge is 0.234 e. The molecule has 0 saturated heterocycles. The summed E-state index contributed by atoms with van der Waals surface area (Å²) in [7, 11) is 1.63. The van der Waals surface area contributed by atoms with Crippen molar-refractivity contribution in [1.82, 2.24) is 20.0 Å². The summed E-state index contributed by atoms with van der Waals surface area (Å²) in [5.41, 5.74) is 6.07. The number of nitrogens with one attached hydrogen (secondary N) is 1. The zero-order valence-corrected chi connectivity index (χ0v) is 16.4. The molecule has 0 atom stereocenters. The van der Waals surface area contributed by atoms with E-state index in [-0.39, 0.29) is 5.91 Å². The van der Waals surface area contributed by atoms with Gasteiger partial charge >= 0.3 is 0 Å². The molecule has 1 aromatic heterocycles. The number of aromatic nitrogens is 2. The molecule has 2 heterocycles. The summed E-state index contributed by atoms with van der Waals surface area (Å²) in [6.07, 6.45) is 7.13. The van der Waals surface area contributed by atoms with Gasteiger partial charge in [0, 0.05) is 38.5 Å². The van der Waals surface area contributed by atoms with Gasteiger partial charge in [-0.2, -0.15) is 5.10 Å². The van der Waals surface area contributed by atoms with Gasteiger partial charge in [-0.25, -0.2) is 4.68 Å². The molecule has 0 spiro atoms. The second-order valence-electron chi connectivity index (χ2n) is 7.00. The Kier molecular flexibility index (Phi) is 6.42. The summed E-state index contributed by atoms with van der Waals surface area (Å²) < 4.78 is 6.87. The van der Waals surface area contributed by atoms with Crippen LogP contribution in [0.2, 0.25) is 0 Å². The highest BCUT2D eigenvalue weighted by atomic mass is 16.5. The van der Waals surface area contributed by atoms with Crippen LogP contribution in [-0.4, -0.2) is 60.5 Å². The van der Waals surface area contributed by atoms with Gasteiger partial charge in [0.05, 0.1) is 25.0 Å². The zero-order valence-electron chi connectivity index (χ0n) is 16.4. The molecule has 1 aliphatic heterocycles. The van der Waals surface area contributed by atoms with Gasteiger partial charge in [0.1, 0.15) is 0 Å². The SMILES string of the molecule is COCCNC(=O)CN1CC=C(c2cnn(-c3ccc(C)c(C)c3)c2)CC1. The Hall–Kier alpha value is -2.44. The lowest BCUT2D eigenvalue weighted by atomic mass is 10.0. The second kappa shape index (κ2) is 8.97. The zero-order chi connectivity index (χ0) is 19.2. The molecular formula is C21H28N4O2. The molecule has 0 unspecified atom stereocenters. The first-order valence-corrected chi connectivity index (χ1v) is 9.36. The lowest BCUT2D eigenvalue weighted by molar-refractivity contribution is -0.122. The number of hydrogen-bond donors (Lipinski definition) is 1. The Bertz CT molecular complexity index is 825. The van der Waals surface area contributed by atoms with Gasteiger partial charge in [0.2, 0.25) is 5.91 Å². The van der Waals surface area contributed by atoms with E-state index in [1.807, 2.05) is 10.9 Å². The van der Waals surface area contributed by atoms with Crippen LogP contribution in [0, 0.1) is 13.8 Å². The van der Waals surface area contributed by atoms with Crippen LogP contribution in [0.25, 0.3) is 11.3 Å². The summed E-state index contributed by atoms with van der Waals surface area (Å²) >= 11 is 0. The predicted molar refractivity (Wildman–Crippen MR) is 107 cm³/mol. The van der Waals surface area contributed by atoms with Crippen molar-refractivity contribution < 1.29 is 9.53 Å². The van der Waals surface area contributed by atoms with Crippen molar-refractivity contribution in [2.75, 3.05) is 39.9 Å². The number of rotatable bonds is 7. The molecule has 0 saturated carbocycles. The summed E-state index contributed by atoms with van der Waals surface area (Å²) in [6, 6.07) is 6.38. The van der Waals surface area contributed by atoms with Crippen molar-refractivity contribution in [3.05, 3.63) is 53.4 Å². The maximum Gasteiger partial charge on any atom is 0.234 e. The first-order chi connectivity index (χ1) is 13.1. The standard InChI is InChI=1S/C21H28N4O2/c1-16-4-5-20(12-17(16)2)25-14-19(13-23-25)18-6-9-24(10-7-18)15-21(26)22-8-11-27-3/h4-6,12-14H,7-11,15H2,1-3H3,(H,22,26). The molecule has 0 radical (unpaired) electrons. The van der Waals surface area contributed by atoms with Crippen molar-refractivity contribution in [3.8, 4) is 5.69 Å². The Morgan fingerprint density at radius 1 is 1.30 bits per heavy atom. The van der Waals surface area contributed by atoms with Gasteiger partial charge < -0.3 is 10.1 Å². The first kappa shape index (κ1) is 19.3. The van der Waals surface area contributed by atoms with E-state index in [2.05, 4.69) is 59.6 Å². The Morgan fingerprint density at radius 3 is 2.85 bits per heavy atom. The summed E-state index contributed by atoms with van der Waals surface area (Å²) in [5.74, 6) is 0.0476. The summed E-state index contributed by atoms with van der Waals surface area (Å²) in [4.78, 5) is 14.1. The van der Waals surface area contributed by atoms with E-state index in [0.29, 0.717) is 19.7 Å². The van der Waals surface area contributed by atoms with E-state index < -0.39 is 0 Å². The van der Waals surface area contributed by atoms with Gasteiger partial charge in [-0.05, 0) is 49.1 Å². The molecule has 1 aromatic carbocycles. The summed E-state index contributed by atoms with van der Waals surface area (Å²) in [6.45, 7) is 7.41. The Labute approximate surface area is 160 Å². The topological polar surface area (TPSA) is 59.4 Å². The van der Waals surface area contributed by atoms with E-state index in [1.54, 1.807) is 7.11 Å². The maximum absolute atomic E-state index is 11.9. The molecule has 1 N–H and O–H groups in total. The van der Waals surface area contributed by atoms with Gasteiger partial charge in [-0.15, -0.1) is 0 Å². The number of nitrogens with zero attached hydrogens (tertiary/aromatic N) is 3. The van der Waals surface area contributed by atoms with Crippen LogP contribution in [0.4, 0.5) is 0 Å². The minimum Gasteiger partial charge on any atom is -0.383 e. The maximum atomic E-state index is 11.9. The van der Waals surface area contributed by atoms with Crippen LogP contribution in [0.1, 0.15) is 23.1 Å². The monoisotopic (exact) mass is 368 g/mol. The molecule has 6 heteroatoms. The molecule has 0 aliphatic carbocycles. The third-order valence-corrected chi connectivity index (χ3v) is 5.00. The highest BCUT2D eigenvalue weighted by molar-refractivity contribution is 5.78. The molecule has 1 aliphatic rings. The lowest BCUT2D eigenvalue weighted by Crippen LogP contribution is -2.40. The van der Waals surface area contributed by atoms with E-state index in [1.165, 1.54) is 16.7 Å². The molecular weight excluding hydrogens is 340 g/mol. The fourth-order valence-electron chi connectivity index (χ4n) is 3.17. The third-order valence-electron chi connectivity index (χ3n) is 5.00. The predicted octanol–water partition coefficient (Wildman–Crippen LogP) is 2.34. The van der Waals surface area contributed by atoms with Gasteiger partial charge in [0.15, 0.2) is 0 Å². The van der Waals surface area contributed by atoms with Crippen molar-refractivity contribution in [1.29, 1.82) is 0 Å². The minimum absolute atomic E-state index is 0.0476. The van der Waals surface area contributed by atoms with E-state index in [9.17, 15) is 4.79 Å². The highest BCUT2D eigenvalue weighted by Crippen LogP contribution is 2.23. The van der Waals surface area contributed by atoms with Crippen molar-refractivity contribution in [2.24, 2.45) is 0 Å². The summed E-state index contributed by atoms with van der Waals surface area (Å²) in [5, 5.41) is 7.39. The lowest BCUT2D eigenvalue weighted by Gasteiger charge is -2.25. The Balaban J connectivity index is 1.59. The van der Waals surface area contributed by atoms with Crippen LogP contribution in [-0.2, 0) is 9.53 Å². The van der Waals surface area contributed by atoms with Crippen LogP contribution in [0.3, 0.4) is 0 Å². The van der Waals surface area contributed by atoms with Crippen LogP contribution in [0.15, 0.2) is 36.7 Å². The third kappa shape index (κ3) is 5.05. The number of hydrogen-bond acceptors (Lipinski definition) is 4. The average Bonchev–Trinajstić information content (AvgIpc) is 3.15. The fourth-order valence-corrected chi connectivity index (χ4v) is 3.17. The number of amides is 1. The molecule has 144 valence electrons. The second-order valence-corrected chi connectivity index (χ2v) is 7.00. The molecule has 0 fully saturated rings. The molecule has 6 nitrogen and oxygen atoms in total. The molecule has 2 aromatic rings. The quantitative estimate of drug-likeness (QED) is 0.762. The number of aryl methyl sites for hydroxylation is 2. The normalized spacial score (nSPS) is 14.9. The number of carbonyl (C=O) groups excluding carboxylic acids is 1. The number of methoxy groups -OCH3 is 1. The van der Waals surface area contributed by atoms with Crippen LogP contribution < -0.4 is 5.32 Å². The first-order valence-electron chi connectivity index (χ1n) is 9.36. The fraction of sp³-hybridized carbons (Fsp3) is 0.429. The van der Waals surface area contributed by atoms with Crippen LogP contribution in [0.5, 0.6) is 0 Å². The molecule has 27 heavy (non-hydrogen) atoms. The largest absolute Gasteiger partial charge is 0.383 e.